The maximum atomic E-state index is 13.8. The van der Waals surface area contributed by atoms with E-state index in [2.05, 4.69) is 11.6 Å². The van der Waals surface area contributed by atoms with Crippen molar-refractivity contribution >= 4 is 39.9 Å². The molecule has 2 aliphatic rings. The van der Waals surface area contributed by atoms with E-state index in [4.69, 9.17) is 23.7 Å². The summed E-state index contributed by atoms with van der Waals surface area (Å²) in [4.78, 5) is 46.3. The highest BCUT2D eigenvalue weighted by atomic mass is 32.1. The predicted octanol–water partition coefficient (Wildman–Crippen LogP) is 6.17. The van der Waals surface area contributed by atoms with E-state index in [9.17, 15) is 19.5 Å². The zero-order chi connectivity index (χ0) is 33.8. The van der Waals surface area contributed by atoms with Gasteiger partial charge >= 0.3 is 11.9 Å². The lowest BCUT2D eigenvalue weighted by Gasteiger charge is -2.24. The van der Waals surface area contributed by atoms with Crippen molar-refractivity contribution in [3.63, 3.8) is 0 Å². The molecule has 1 N–H and O–H groups in total. The van der Waals surface area contributed by atoms with Crippen LogP contribution in [0.3, 0.4) is 0 Å². The molecule has 0 aliphatic carbocycles. The van der Waals surface area contributed by atoms with Crippen LogP contribution in [-0.4, -0.2) is 54.2 Å². The van der Waals surface area contributed by atoms with Crippen LogP contribution >= 0.6 is 11.3 Å². The molecular formula is C36H32N2O9S. The number of ether oxygens (including phenoxy) is 5. The predicted molar refractivity (Wildman–Crippen MR) is 178 cm³/mol. The summed E-state index contributed by atoms with van der Waals surface area (Å²) in [6.45, 7) is 8.28. The Morgan fingerprint density at radius 3 is 2.56 bits per heavy atom. The molecule has 6 rings (SSSR count). The Hall–Kier alpha value is -5.62. The minimum Gasteiger partial charge on any atom is -0.507 e. The Morgan fingerprint density at radius 1 is 1.04 bits per heavy atom. The molecule has 0 radical (unpaired) electrons. The number of ketones is 1. The summed E-state index contributed by atoms with van der Waals surface area (Å²) >= 11 is 0.907. The lowest BCUT2D eigenvalue weighted by atomic mass is 9.95. The van der Waals surface area contributed by atoms with E-state index < -0.39 is 29.5 Å². The first-order valence-corrected chi connectivity index (χ1v) is 16.0. The Morgan fingerprint density at radius 2 is 1.81 bits per heavy atom. The summed E-state index contributed by atoms with van der Waals surface area (Å²) in [6, 6.07) is 18.3. The molecule has 1 saturated heterocycles. The van der Waals surface area contributed by atoms with Gasteiger partial charge in [-0.15, -0.1) is 0 Å². The van der Waals surface area contributed by atoms with E-state index in [1.807, 2.05) is 37.3 Å². The third kappa shape index (κ3) is 6.34. The number of esters is 1. The standard InChI is InChI=1S/C36H32N2O9S/c1-4-15-46-35(42)33-21(3)37-36(48-33)38-30(23-11-13-26(27(18-23)43-5-2)47-20-22-9-7-6-8-10-22)29(32(40)34(38)41)31(39)24-12-14-25-28(19-24)45-17-16-44-25/h4,6-14,18-19,30,39H,1,5,15-17,20H2,2-3H3/b31-29+/t30-/m0/s1. The van der Waals surface area contributed by atoms with E-state index >= 15 is 0 Å². The monoisotopic (exact) mass is 668 g/mol. The van der Waals surface area contributed by atoms with E-state index in [0.717, 1.165) is 16.9 Å². The zero-order valence-corrected chi connectivity index (χ0v) is 27.1. The number of aromatic nitrogens is 1. The van der Waals surface area contributed by atoms with Crippen molar-refractivity contribution in [2.45, 2.75) is 26.5 Å². The average Bonchev–Trinajstić information content (AvgIpc) is 3.62. The zero-order valence-electron chi connectivity index (χ0n) is 26.3. The number of hydrogen-bond acceptors (Lipinski definition) is 11. The van der Waals surface area contributed by atoms with Gasteiger partial charge in [0.1, 0.15) is 37.1 Å². The highest BCUT2D eigenvalue weighted by molar-refractivity contribution is 7.17. The van der Waals surface area contributed by atoms with Gasteiger partial charge in [-0.3, -0.25) is 14.5 Å². The molecule has 246 valence electrons. The number of benzene rings is 3. The molecule has 1 aromatic heterocycles. The number of hydrogen-bond donors (Lipinski definition) is 1. The number of aliphatic hydroxyl groups is 1. The van der Waals surface area contributed by atoms with E-state index in [0.29, 0.717) is 54.1 Å². The van der Waals surface area contributed by atoms with Gasteiger partial charge in [0.2, 0.25) is 0 Å². The first-order chi connectivity index (χ1) is 23.3. The summed E-state index contributed by atoms with van der Waals surface area (Å²) < 4.78 is 28.6. The number of aliphatic hydroxyl groups excluding tert-OH is 1. The quantitative estimate of drug-likeness (QED) is 0.0650. The molecule has 2 aliphatic heterocycles. The number of rotatable bonds is 11. The minimum atomic E-state index is -1.15. The van der Waals surface area contributed by atoms with Crippen LogP contribution in [0.5, 0.6) is 23.0 Å². The Bertz CT molecular complexity index is 1920. The smallest absolute Gasteiger partial charge is 0.350 e. The van der Waals surface area contributed by atoms with Crippen LogP contribution in [0, 0.1) is 6.92 Å². The molecule has 1 fully saturated rings. The van der Waals surface area contributed by atoms with Crippen LogP contribution in [0.2, 0.25) is 0 Å². The van der Waals surface area contributed by atoms with Crippen LogP contribution in [0.1, 0.15) is 45.0 Å². The summed E-state index contributed by atoms with van der Waals surface area (Å²) in [5.74, 6) is -1.20. The van der Waals surface area contributed by atoms with E-state index in [1.54, 1.807) is 43.3 Å². The number of fused-ring (bicyclic) bond motifs is 1. The summed E-state index contributed by atoms with van der Waals surface area (Å²) in [5.41, 5.74) is 1.78. The second-order valence-electron chi connectivity index (χ2n) is 10.7. The van der Waals surface area contributed by atoms with Crippen molar-refractivity contribution in [1.82, 2.24) is 4.98 Å². The molecule has 1 amide bonds. The molecule has 0 spiro atoms. The maximum Gasteiger partial charge on any atom is 0.350 e. The topological polar surface area (TPSA) is 134 Å². The van der Waals surface area contributed by atoms with Gasteiger partial charge < -0.3 is 28.8 Å². The third-order valence-corrected chi connectivity index (χ3v) is 8.73. The number of anilines is 1. The van der Waals surface area contributed by atoms with E-state index in [-0.39, 0.29) is 34.4 Å². The third-order valence-electron chi connectivity index (χ3n) is 7.59. The van der Waals surface area contributed by atoms with Gasteiger partial charge in [0, 0.05) is 5.56 Å². The number of nitrogens with zero attached hydrogens (tertiary/aromatic N) is 2. The van der Waals surface area contributed by atoms with Crippen molar-refractivity contribution in [3.05, 3.63) is 112 Å². The number of thiazole rings is 1. The second kappa shape index (κ2) is 14.0. The lowest BCUT2D eigenvalue weighted by Crippen LogP contribution is -2.29. The summed E-state index contributed by atoms with van der Waals surface area (Å²) in [7, 11) is 0. The Kier molecular flexibility index (Phi) is 9.44. The number of Topliss-reactive ketones (excluding diaryl/α,β-unsaturated/α-hetero) is 1. The van der Waals surface area contributed by atoms with Crippen LogP contribution in [0.4, 0.5) is 5.13 Å². The first-order valence-electron chi connectivity index (χ1n) is 15.2. The van der Waals surface area contributed by atoms with Crippen LogP contribution in [0.25, 0.3) is 5.76 Å². The lowest BCUT2D eigenvalue weighted by molar-refractivity contribution is -0.132. The fourth-order valence-electron chi connectivity index (χ4n) is 5.38. The molecule has 0 saturated carbocycles. The van der Waals surface area contributed by atoms with Gasteiger partial charge in [0.05, 0.1) is 23.9 Å². The fraction of sp³-hybridized carbons (Fsp3) is 0.222. The van der Waals surface area contributed by atoms with Gasteiger partial charge in [-0.25, -0.2) is 9.78 Å². The second-order valence-corrected chi connectivity index (χ2v) is 11.7. The van der Waals surface area contributed by atoms with Crippen LogP contribution in [0.15, 0.2) is 85.0 Å². The molecular weight excluding hydrogens is 636 g/mol. The molecule has 4 aromatic rings. The fourth-order valence-corrected chi connectivity index (χ4v) is 6.37. The van der Waals surface area contributed by atoms with Crippen molar-refractivity contribution in [2.75, 3.05) is 31.3 Å². The number of aryl methyl sites for hydroxylation is 1. The summed E-state index contributed by atoms with van der Waals surface area (Å²) in [5, 5.41) is 11.8. The molecule has 11 nitrogen and oxygen atoms in total. The molecule has 0 unspecified atom stereocenters. The SMILES string of the molecule is C=CCOC(=O)c1sc(N2C(=O)C(=O)/C(=C(/O)c3ccc4c(c3)OCCO4)[C@@H]2c2ccc(OCc3ccccc3)c(OCC)c2)nc1C. The Labute approximate surface area is 280 Å². The van der Waals surface area contributed by atoms with Crippen LogP contribution < -0.4 is 23.8 Å². The van der Waals surface area contributed by atoms with Crippen molar-refractivity contribution in [1.29, 1.82) is 0 Å². The number of amides is 1. The largest absolute Gasteiger partial charge is 0.507 e. The molecule has 3 heterocycles. The van der Waals surface area contributed by atoms with Crippen LogP contribution in [-0.2, 0) is 20.9 Å². The molecule has 12 heteroatoms. The molecule has 48 heavy (non-hydrogen) atoms. The van der Waals surface area contributed by atoms with E-state index in [1.165, 1.54) is 11.0 Å². The highest BCUT2D eigenvalue weighted by Gasteiger charge is 2.49. The minimum absolute atomic E-state index is 0.00947. The highest BCUT2D eigenvalue weighted by Crippen LogP contribution is 2.46. The Balaban J connectivity index is 1.47. The van der Waals surface area contributed by atoms with Crippen molar-refractivity contribution < 1.29 is 43.2 Å². The van der Waals surface area contributed by atoms with Gasteiger partial charge in [-0.05, 0) is 55.3 Å². The average molecular weight is 669 g/mol. The van der Waals surface area contributed by atoms with Gasteiger partial charge in [0.25, 0.3) is 5.78 Å². The first kappa shape index (κ1) is 32.3. The van der Waals surface area contributed by atoms with Gasteiger partial charge in [-0.1, -0.05) is 60.4 Å². The van der Waals surface area contributed by atoms with Crippen molar-refractivity contribution in [3.8, 4) is 23.0 Å². The molecule has 0 bridgehead atoms. The van der Waals surface area contributed by atoms with Gasteiger partial charge in [0.15, 0.2) is 28.1 Å². The number of carbonyl (C=O) groups excluding carboxylic acids is 3. The molecule has 1 atom stereocenters. The maximum absolute atomic E-state index is 13.8. The summed E-state index contributed by atoms with van der Waals surface area (Å²) in [6.07, 6.45) is 1.44. The molecule has 3 aromatic carbocycles. The number of carbonyl (C=O) groups is 3. The van der Waals surface area contributed by atoms with Gasteiger partial charge in [-0.2, -0.15) is 0 Å². The van der Waals surface area contributed by atoms with Crippen molar-refractivity contribution in [2.24, 2.45) is 0 Å². The normalized spacial score (nSPS) is 16.5.